The molecule has 1 amide bonds. The van der Waals surface area contributed by atoms with Crippen LogP contribution in [0.4, 0.5) is 5.69 Å². The lowest BCUT2D eigenvalue weighted by atomic mass is 10.3. The summed E-state index contributed by atoms with van der Waals surface area (Å²) in [4.78, 5) is 12.6. The van der Waals surface area contributed by atoms with Gasteiger partial charge in [-0.15, -0.1) is 10.2 Å². The number of aromatic nitrogens is 3. The van der Waals surface area contributed by atoms with Crippen molar-refractivity contribution in [3.8, 4) is 0 Å². The topological polar surface area (TPSA) is 97.2 Å². The molecule has 2 aliphatic rings. The van der Waals surface area contributed by atoms with Gasteiger partial charge in [-0.2, -0.15) is 4.31 Å². The highest BCUT2D eigenvalue weighted by Gasteiger charge is 2.30. The van der Waals surface area contributed by atoms with Gasteiger partial charge in [0.2, 0.25) is 15.9 Å². The van der Waals surface area contributed by atoms with E-state index in [9.17, 15) is 13.2 Å². The maximum atomic E-state index is 12.7. The summed E-state index contributed by atoms with van der Waals surface area (Å²) >= 11 is 1.35. The molecule has 2 aromatic rings. The van der Waals surface area contributed by atoms with Gasteiger partial charge in [-0.1, -0.05) is 17.8 Å². The molecule has 0 spiro atoms. The number of hydrogen-bond donors (Lipinski definition) is 1. The molecular formula is C19H25N5O3S2. The van der Waals surface area contributed by atoms with E-state index in [2.05, 4.69) is 20.1 Å². The molecule has 8 nitrogen and oxygen atoms in total. The Morgan fingerprint density at radius 2 is 2.00 bits per heavy atom. The summed E-state index contributed by atoms with van der Waals surface area (Å²) in [5, 5.41) is 12.0. The van der Waals surface area contributed by atoms with Crippen LogP contribution in [-0.2, 0) is 21.4 Å². The second-order valence-corrected chi connectivity index (χ2v) is 10.2. The molecule has 1 aromatic carbocycles. The minimum absolute atomic E-state index is 0.186. The Labute approximate surface area is 175 Å². The molecule has 4 rings (SSSR count). The molecule has 156 valence electrons. The van der Waals surface area contributed by atoms with E-state index in [1.54, 1.807) is 18.2 Å². The van der Waals surface area contributed by atoms with Gasteiger partial charge < -0.3 is 9.88 Å². The molecule has 1 saturated heterocycles. The standard InChI is InChI=1S/C19H25N5O3S2/c1-2-24-18(14-8-9-14)21-22-19(24)28-13-17(25)20-15-6-5-7-16(12-15)29(26,27)23-10-3-4-11-23/h5-7,12,14H,2-4,8-11,13H2,1H3,(H,20,25). The highest BCUT2D eigenvalue weighted by atomic mass is 32.2. The molecular weight excluding hydrogens is 410 g/mol. The number of hydrogen-bond acceptors (Lipinski definition) is 6. The molecule has 1 saturated carbocycles. The minimum Gasteiger partial charge on any atom is -0.325 e. The van der Waals surface area contributed by atoms with Gasteiger partial charge >= 0.3 is 0 Å². The number of anilines is 1. The van der Waals surface area contributed by atoms with E-state index in [4.69, 9.17) is 0 Å². The molecule has 0 atom stereocenters. The van der Waals surface area contributed by atoms with Crippen LogP contribution in [0.5, 0.6) is 0 Å². The van der Waals surface area contributed by atoms with Crippen molar-refractivity contribution in [3.63, 3.8) is 0 Å². The van der Waals surface area contributed by atoms with Gasteiger partial charge in [-0.3, -0.25) is 4.79 Å². The highest BCUT2D eigenvalue weighted by Crippen LogP contribution is 2.40. The van der Waals surface area contributed by atoms with Gasteiger partial charge in [0.05, 0.1) is 10.6 Å². The molecule has 1 N–H and O–H groups in total. The third kappa shape index (κ3) is 4.49. The zero-order chi connectivity index (χ0) is 20.4. The number of carbonyl (C=O) groups is 1. The van der Waals surface area contributed by atoms with E-state index < -0.39 is 10.0 Å². The largest absolute Gasteiger partial charge is 0.325 e. The normalized spacial score (nSPS) is 17.6. The van der Waals surface area contributed by atoms with Gasteiger partial charge in [-0.05, 0) is 50.8 Å². The Balaban J connectivity index is 1.39. The Morgan fingerprint density at radius 1 is 1.24 bits per heavy atom. The molecule has 1 aromatic heterocycles. The number of thioether (sulfide) groups is 1. The number of amides is 1. The number of nitrogens with one attached hydrogen (secondary N) is 1. The second kappa shape index (κ2) is 8.45. The van der Waals surface area contributed by atoms with Crippen molar-refractivity contribution in [1.82, 2.24) is 19.1 Å². The Bertz CT molecular complexity index is 995. The van der Waals surface area contributed by atoms with Crippen LogP contribution in [0.25, 0.3) is 0 Å². The Kier molecular flexibility index (Phi) is 5.93. The summed E-state index contributed by atoms with van der Waals surface area (Å²) in [6.45, 7) is 3.93. The number of nitrogens with zero attached hydrogens (tertiary/aromatic N) is 4. The predicted octanol–water partition coefficient (Wildman–Crippen LogP) is 2.69. The van der Waals surface area contributed by atoms with Crippen LogP contribution in [0.2, 0.25) is 0 Å². The van der Waals surface area contributed by atoms with Crippen molar-refractivity contribution in [2.24, 2.45) is 0 Å². The first kappa shape index (κ1) is 20.4. The predicted molar refractivity (Wildman–Crippen MR) is 111 cm³/mol. The van der Waals surface area contributed by atoms with Gasteiger partial charge in [-0.25, -0.2) is 8.42 Å². The lowest BCUT2D eigenvalue weighted by Gasteiger charge is -2.16. The third-order valence-corrected chi connectivity index (χ3v) is 8.02. The molecule has 0 radical (unpaired) electrons. The van der Waals surface area contributed by atoms with Crippen molar-refractivity contribution in [2.45, 2.75) is 55.1 Å². The van der Waals surface area contributed by atoms with Crippen molar-refractivity contribution in [2.75, 3.05) is 24.2 Å². The summed E-state index contributed by atoms with van der Waals surface area (Å²) in [5.41, 5.74) is 0.478. The van der Waals surface area contributed by atoms with Gasteiger partial charge in [0.15, 0.2) is 5.16 Å². The van der Waals surface area contributed by atoms with Gasteiger partial charge in [0, 0.05) is 31.2 Å². The lowest BCUT2D eigenvalue weighted by Crippen LogP contribution is -2.28. The Morgan fingerprint density at radius 3 is 2.69 bits per heavy atom. The number of benzene rings is 1. The molecule has 0 bridgehead atoms. The number of sulfonamides is 1. The first-order valence-corrected chi connectivity index (χ1v) is 12.4. The van der Waals surface area contributed by atoms with E-state index in [0.29, 0.717) is 24.7 Å². The fraction of sp³-hybridized carbons (Fsp3) is 0.526. The van der Waals surface area contributed by atoms with Crippen molar-refractivity contribution in [1.29, 1.82) is 0 Å². The molecule has 2 heterocycles. The lowest BCUT2D eigenvalue weighted by molar-refractivity contribution is -0.113. The first-order valence-electron chi connectivity index (χ1n) is 9.95. The van der Waals surface area contributed by atoms with Crippen LogP contribution < -0.4 is 5.32 Å². The Hall–Kier alpha value is -1.91. The molecule has 10 heteroatoms. The quantitative estimate of drug-likeness (QED) is 0.641. The summed E-state index contributed by atoms with van der Waals surface area (Å²) in [6, 6.07) is 6.45. The molecule has 29 heavy (non-hydrogen) atoms. The number of rotatable bonds is 8. The maximum Gasteiger partial charge on any atom is 0.243 e. The van der Waals surface area contributed by atoms with Crippen molar-refractivity contribution >= 4 is 33.4 Å². The van der Waals surface area contributed by atoms with Gasteiger partial charge in [0.1, 0.15) is 5.82 Å². The van der Waals surface area contributed by atoms with Crippen LogP contribution in [0.15, 0.2) is 34.3 Å². The fourth-order valence-electron chi connectivity index (χ4n) is 3.49. The SMILES string of the molecule is CCn1c(SCC(=O)Nc2cccc(S(=O)(=O)N3CCCC3)c2)nnc1C1CC1. The maximum absolute atomic E-state index is 12.7. The van der Waals surface area contributed by atoms with Crippen LogP contribution in [-0.4, -0.2) is 52.2 Å². The summed E-state index contributed by atoms with van der Waals surface area (Å²) in [5.74, 6) is 1.50. The first-order chi connectivity index (χ1) is 14.0. The molecule has 1 aliphatic carbocycles. The fourth-order valence-corrected chi connectivity index (χ4v) is 5.86. The van der Waals surface area contributed by atoms with Gasteiger partial charge in [0.25, 0.3) is 0 Å². The van der Waals surface area contributed by atoms with E-state index in [1.165, 1.54) is 22.1 Å². The zero-order valence-electron chi connectivity index (χ0n) is 16.4. The van der Waals surface area contributed by atoms with Crippen molar-refractivity contribution in [3.05, 3.63) is 30.1 Å². The third-order valence-electron chi connectivity index (χ3n) is 5.16. The van der Waals surface area contributed by atoms with E-state index >= 15 is 0 Å². The smallest absolute Gasteiger partial charge is 0.243 e. The average molecular weight is 436 g/mol. The monoisotopic (exact) mass is 435 g/mol. The molecule has 1 aliphatic heterocycles. The number of carbonyl (C=O) groups excluding carboxylic acids is 1. The second-order valence-electron chi connectivity index (χ2n) is 7.34. The van der Waals surface area contributed by atoms with Crippen molar-refractivity contribution < 1.29 is 13.2 Å². The average Bonchev–Trinajstić information content (AvgIpc) is 3.24. The summed E-state index contributed by atoms with van der Waals surface area (Å²) in [6.07, 6.45) is 4.08. The van der Waals surface area contributed by atoms with Crippen LogP contribution in [0.1, 0.15) is 44.3 Å². The highest BCUT2D eigenvalue weighted by molar-refractivity contribution is 7.99. The van der Waals surface area contributed by atoms with E-state index in [1.807, 2.05) is 6.92 Å². The molecule has 0 unspecified atom stereocenters. The van der Waals surface area contributed by atoms with Crippen LogP contribution in [0, 0.1) is 0 Å². The summed E-state index contributed by atoms with van der Waals surface area (Å²) in [7, 11) is -3.51. The molecule has 2 fully saturated rings. The van der Waals surface area contributed by atoms with Crippen LogP contribution in [0.3, 0.4) is 0 Å². The zero-order valence-corrected chi connectivity index (χ0v) is 18.0. The van der Waals surface area contributed by atoms with Crippen LogP contribution >= 0.6 is 11.8 Å². The van der Waals surface area contributed by atoms with E-state index in [0.717, 1.165) is 43.2 Å². The minimum atomic E-state index is -3.51. The van der Waals surface area contributed by atoms with E-state index in [-0.39, 0.29) is 16.6 Å². The summed E-state index contributed by atoms with van der Waals surface area (Å²) < 4.78 is 29.0.